The maximum Gasteiger partial charge on any atom is 0.308 e. The van der Waals surface area contributed by atoms with E-state index in [1.807, 2.05) is 0 Å². The zero-order valence-corrected chi connectivity index (χ0v) is 5.67. The largest absolute Gasteiger partial charge is 0.308 e. The number of aromatic nitrogens is 3. The molecule has 0 aromatic carbocycles. The van der Waals surface area contributed by atoms with Crippen LogP contribution in [0.15, 0.2) is 6.33 Å². The van der Waals surface area contributed by atoms with Crippen molar-refractivity contribution in [2.24, 2.45) is 0 Å². The fourth-order valence-corrected chi connectivity index (χ4v) is 1.78. The highest BCUT2D eigenvalue weighted by Gasteiger charge is 2.24. The van der Waals surface area contributed by atoms with Crippen molar-refractivity contribution in [3.63, 3.8) is 0 Å². The smallest absolute Gasteiger partial charge is 0.197 e. The Morgan fingerprint density at radius 1 is 1.70 bits per heavy atom. The van der Waals surface area contributed by atoms with Crippen LogP contribution >= 0.6 is 0 Å². The molecule has 0 bridgehead atoms. The summed E-state index contributed by atoms with van der Waals surface area (Å²) in [6.07, 6.45) is 1.17. The Balaban J connectivity index is 2.76. The van der Waals surface area contributed by atoms with Gasteiger partial charge in [0.05, 0.1) is 6.54 Å². The van der Waals surface area contributed by atoms with Crippen molar-refractivity contribution in [1.82, 2.24) is 18.9 Å². The van der Waals surface area contributed by atoms with E-state index in [1.54, 1.807) is 0 Å². The van der Waals surface area contributed by atoms with Gasteiger partial charge in [-0.1, -0.05) is 0 Å². The third kappa shape index (κ3) is 0.582. The summed E-state index contributed by atoms with van der Waals surface area (Å²) in [6.45, 7) is 0.238. The number of nitrogens with zero attached hydrogens (tertiary/aromatic N) is 3. The molecule has 0 radical (unpaired) electrons. The van der Waals surface area contributed by atoms with Gasteiger partial charge in [-0.05, 0) is 0 Å². The van der Waals surface area contributed by atoms with Crippen LogP contribution < -0.4 is 4.72 Å². The molecule has 10 heavy (non-hydrogen) atoms. The predicted molar refractivity (Wildman–Crippen MR) is 31.2 cm³/mol. The quantitative estimate of drug-likeness (QED) is 0.499. The van der Waals surface area contributed by atoms with Crippen LogP contribution in [0, 0.1) is 0 Å². The number of rotatable bonds is 0. The van der Waals surface area contributed by atoms with E-state index in [1.165, 1.54) is 6.33 Å². The highest BCUT2D eigenvalue weighted by molar-refractivity contribution is 7.88. The topological polar surface area (TPSA) is 76.9 Å². The molecule has 0 saturated carbocycles. The van der Waals surface area contributed by atoms with Gasteiger partial charge in [-0.2, -0.15) is 17.1 Å². The highest BCUT2D eigenvalue weighted by Crippen LogP contribution is 2.06. The molecule has 0 aliphatic carbocycles. The van der Waals surface area contributed by atoms with Crippen molar-refractivity contribution in [2.45, 2.75) is 6.54 Å². The molecule has 1 aromatic rings. The van der Waals surface area contributed by atoms with Gasteiger partial charge in [-0.3, -0.25) is 0 Å². The number of nitrogens with one attached hydrogen (secondary N) is 1. The molecule has 6 nitrogen and oxygen atoms in total. The Morgan fingerprint density at radius 3 is 3.20 bits per heavy atom. The Bertz CT molecular complexity index is 352. The van der Waals surface area contributed by atoms with E-state index in [0.717, 1.165) is 3.97 Å². The van der Waals surface area contributed by atoms with E-state index in [2.05, 4.69) is 14.9 Å². The number of hydrogen-bond donors (Lipinski definition) is 1. The summed E-state index contributed by atoms with van der Waals surface area (Å²) < 4.78 is 25.1. The minimum Gasteiger partial charge on any atom is -0.197 e. The van der Waals surface area contributed by atoms with E-state index in [9.17, 15) is 8.42 Å². The molecule has 1 aliphatic rings. The van der Waals surface area contributed by atoms with E-state index >= 15 is 0 Å². The van der Waals surface area contributed by atoms with Crippen molar-refractivity contribution in [3.05, 3.63) is 12.2 Å². The molecular formula is C3H4N4O2S. The third-order valence-corrected chi connectivity index (χ3v) is 2.59. The molecule has 2 heterocycles. The van der Waals surface area contributed by atoms with Crippen LogP contribution in [-0.2, 0) is 16.8 Å². The van der Waals surface area contributed by atoms with E-state index in [-0.39, 0.29) is 6.54 Å². The molecular weight excluding hydrogens is 156 g/mol. The lowest BCUT2D eigenvalue weighted by atomic mass is 10.6. The van der Waals surface area contributed by atoms with Crippen LogP contribution in [0.5, 0.6) is 0 Å². The van der Waals surface area contributed by atoms with Crippen LogP contribution in [0.25, 0.3) is 0 Å². The fourth-order valence-electron chi connectivity index (χ4n) is 0.789. The minimum atomic E-state index is -3.32. The average molecular weight is 160 g/mol. The molecule has 0 saturated heterocycles. The van der Waals surface area contributed by atoms with Crippen LogP contribution in [0.4, 0.5) is 0 Å². The van der Waals surface area contributed by atoms with Crippen LogP contribution in [-0.4, -0.2) is 22.6 Å². The second kappa shape index (κ2) is 1.55. The minimum absolute atomic E-state index is 0.238. The molecule has 54 valence electrons. The van der Waals surface area contributed by atoms with Crippen molar-refractivity contribution < 1.29 is 8.42 Å². The first kappa shape index (κ1) is 5.81. The number of hydrogen-bond acceptors (Lipinski definition) is 4. The van der Waals surface area contributed by atoms with Gasteiger partial charge < -0.3 is 0 Å². The summed E-state index contributed by atoms with van der Waals surface area (Å²) >= 11 is 0. The summed E-state index contributed by atoms with van der Waals surface area (Å²) in [5, 5.41) is 7.00. The Labute approximate surface area is 57.1 Å². The second-order valence-electron chi connectivity index (χ2n) is 1.87. The van der Waals surface area contributed by atoms with Crippen molar-refractivity contribution in [3.8, 4) is 0 Å². The standard InChI is InChI=1S/C3H4N4O2S/c8-10(9)5-1-3-6-4-2-7(3)10/h2,5H,1H2. The lowest BCUT2D eigenvalue weighted by Crippen LogP contribution is -2.19. The first-order chi connectivity index (χ1) is 4.70. The van der Waals surface area contributed by atoms with E-state index < -0.39 is 10.2 Å². The molecule has 0 atom stereocenters. The molecule has 1 N–H and O–H groups in total. The molecule has 0 amide bonds. The molecule has 0 fully saturated rings. The van der Waals surface area contributed by atoms with Gasteiger partial charge in [0.25, 0.3) is 0 Å². The molecule has 1 aromatic heterocycles. The maximum atomic E-state index is 10.9. The third-order valence-electron chi connectivity index (χ3n) is 1.26. The monoisotopic (exact) mass is 160 g/mol. The summed E-state index contributed by atoms with van der Waals surface area (Å²) in [7, 11) is -3.32. The lowest BCUT2D eigenvalue weighted by Gasteiger charge is -1.91. The van der Waals surface area contributed by atoms with Gasteiger partial charge in [-0.15, -0.1) is 10.2 Å². The van der Waals surface area contributed by atoms with Gasteiger partial charge in [0, 0.05) is 0 Å². The van der Waals surface area contributed by atoms with Crippen molar-refractivity contribution in [1.29, 1.82) is 0 Å². The predicted octanol–water partition coefficient (Wildman–Crippen LogP) is -1.53. The first-order valence-electron chi connectivity index (χ1n) is 2.59. The SMILES string of the molecule is O=S1(=O)NCc2nncn21. The van der Waals surface area contributed by atoms with Crippen molar-refractivity contribution >= 4 is 10.2 Å². The highest BCUT2D eigenvalue weighted by atomic mass is 32.2. The molecule has 1 aliphatic heterocycles. The van der Waals surface area contributed by atoms with Gasteiger partial charge in [0.2, 0.25) is 0 Å². The number of fused-ring (bicyclic) bond motifs is 1. The first-order valence-corrected chi connectivity index (χ1v) is 4.03. The normalized spacial score (nSPS) is 20.8. The van der Waals surface area contributed by atoms with Gasteiger partial charge in [0.1, 0.15) is 6.33 Å². The van der Waals surface area contributed by atoms with E-state index in [4.69, 9.17) is 0 Å². The van der Waals surface area contributed by atoms with Crippen LogP contribution in [0.1, 0.15) is 5.82 Å². The molecule has 0 spiro atoms. The Morgan fingerprint density at radius 2 is 2.50 bits per heavy atom. The molecule has 0 unspecified atom stereocenters. The fraction of sp³-hybridized carbons (Fsp3) is 0.333. The van der Waals surface area contributed by atoms with Crippen molar-refractivity contribution in [2.75, 3.05) is 0 Å². The van der Waals surface area contributed by atoms with Gasteiger partial charge in [0.15, 0.2) is 5.82 Å². The van der Waals surface area contributed by atoms with Gasteiger partial charge >= 0.3 is 10.2 Å². The summed E-state index contributed by atoms with van der Waals surface area (Å²) in [5.74, 6) is 0.431. The summed E-state index contributed by atoms with van der Waals surface area (Å²) in [6, 6.07) is 0. The van der Waals surface area contributed by atoms with Gasteiger partial charge in [-0.25, -0.2) is 0 Å². The Kier molecular flexibility index (Phi) is 0.902. The zero-order chi connectivity index (χ0) is 7.19. The lowest BCUT2D eigenvalue weighted by molar-refractivity contribution is 0.582. The van der Waals surface area contributed by atoms with Crippen LogP contribution in [0.3, 0.4) is 0 Å². The molecule has 7 heteroatoms. The zero-order valence-electron chi connectivity index (χ0n) is 4.85. The Hall–Kier alpha value is -0.950. The van der Waals surface area contributed by atoms with Crippen LogP contribution in [0.2, 0.25) is 0 Å². The average Bonchev–Trinajstić information content (AvgIpc) is 2.36. The molecule has 2 rings (SSSR count). The maximum absolute atomic E-state index is 10.9. The van der Waals surface area contributed by atoms with E-state index in [0.29, 0.717) is 5.82 Å². The summed E-state index contributed by atoms with van der Waals surface area (Å²) in [4.78, 5) is 0. The second-order valence-corrected chi connectivity index (χ2v) is 3.50. The summed E-state index contributed by atoms with van der Waals surface area (Å²) in [5.41, 5.74) is 0.